The van der Waals surface area contributed by atoms with Gasteiger partial charge in [-0.05, 0) is 48.0 Å². The summed E-state index contributed by atoms with van der Waals surface area (Å²) in [5.41, 5.74) is 2.41. The second-order valence-electron chi connectivity index (χ2n) is 6.77. The summed E-state index contributed by atoms with van der Waals surface area (Å²) in [6, 6.07) is 19.0. The Balaban J connectivity index is 0.00000289. The molecule has 0 bridgehead atoms. The van der Waals surface area contributed by atoms with Crippen molar-refractivity contribution in [1.29, 1.82) is 5.26 Å². The van der Waals surface area contributed by atoms with Crippen molar-refractivity contribution in [1.82, 2.24) is 15.2 Å². The summed E-state index contributed by atoms with van der Waals surface area (Å²) in [5.74, 6) is 1.84. The molecule has 0 spiro atoms. The Morgan fingerprint density at radius 2 is 1.75 bits per heavy atom. The summed E-state index contributed by atoms with van der Waals surface area (Å²) < 4.78 is 5.20. The number of fused-ring (bicyclic) bond motifs is 1. The zero-order chi connectivity index (χ0) is 21.6. The first-order valence-corrected chi connectivity index (χ1v) is 9.96. The SMILES string of the molecule is COc1ccc(CNc2nnc(NCc3ccccn3)c3ccc(C#N)cc23)cc1Cl.Cl. The monoisotopic (exact) mass is 466 g/mol. The number of nitriles is 1. The van der Waals surface area contributed by atoms with E-state index in [1.54, 1.807) is 25.4 Å². The van der Waals surface area contributed by atoms with Gasteiger partial charge < -0.3 is 15.4 Å². The average molecular weight is 467 g/mol. The minimum Gasteiger partial charge on any atom is -0.495 e. The normalized spacial score (nSPS) is 10.2. The number of ether oxygens (including phenoxy) is 1. The van der Waals surface area contributed by atoms with Crippen LogP contribution >= 0.6 is 24.0 Å². The van der Waals surface area contributed by atoms with E-state index in [1.807, 2.05) is 42.5 Å². The van der Waals surface area contributed by atoms with Gasteiger partial charge in [0.25, 0.3) is 0 Å². The molecule has 4 aromatic rings. The van der Waals surface area contributed by atoms with E-state index in [1.165, 1.54) is 0 Å². The Hall–Kier alpha value is -3.60. The quantitative estimate of drug-likeness (QED) is 0.386. The summed E-state index contributed by atoms with van der Waals surface area (Å²) in [7, 11) is 1.58. The number of rotatable bonds is 7. The Morgan fingerprint density at radius 3 is 2.44 bits per heavy atom. The van der Waals surface area contributed by atoms with E-state index < -0.39 is 0 Å². The van der Waals surface area contributed by atoms with Crippen LogP contribution in [0.5, 0.6) is 5.75 Å². The molecule has 4 rings (SSSR count). The topological polar surface area (TPSA) is 95.8 Å². The molecule has 0 fully saturated rings. The van der Waals surface area contributed by atoms with Gasteiger partial charge in [0.15, 0.2) is 11.6 Å². The van der Waals surface area contributed by atoms with E-state index in [9.17, 15) is 5.26 Å². The lowest BCUT2D eigenvalue weighted by Gasteiger charge is -2.13. The van der Waals surface area contributed by atoms with Crippen molar-refractivity contribution in [3.8, 4) is 11.8 Å². The molecule has 162 valence electrons. The molecule has 0 aliphatic heterocycles. The molecule has 0 aliphatic carbocycles. The highest BCUT2D eigenvalue weighted by Crippen LogP contribution is 2.29. The standard InChI is InChI=1S/C23H19ClN6O.ClH/c1-31-21-8-6-16(11-20(21)24)13-27-23-19-10-15(12-25)5-7-18(19)22(29-30-23)28-14-17-4-2-3-9-26-17;/h2-11H,13-14H2,1H3,(H,27,30)(H,28,29);1H. The van der Waals surface area contributed by atoms with Crippen molar-refractivity contribution in [3.05, 3.63) is 82.6 Å². The minimum atomic E-state index is 0. The number of aromatic nitrogens is 3. The largest absolute Gasteiger partial charge is 0.495 e. The number of methoxy groups -OCH3 is 1. The van der Waals surface area contributed by atoms with Crippen LogP contribution in [0, 0.1) is 11.3 Å². The summed E-state index contributed by atoms with van der Waals surface area (Å²) in [5, 5.41) is 26.8. The maximum absolute atomic E-state index is 9.34. The third kappa shape index (κ3) is 5.17. The van der Waals surface area contributed by atoms with E-state index in [-0.39, 0.29) is 12.4 Å². The predicted octanol–water partition coefficient (Wildman–Crippen LogP) is 5.20. The van der Waals surface area contributed by atoms with E-state index in [2.05, 4.69) is 31.9 Å². The van der Waals surface area contributed by atoms with Crippen LogP contribution in [0.25, 0.3) is 10.8 Å². The van der Waals surface area contributed by atoms with Gasteiger partial charge in [-0.1, -0.05) is 23.7 Å². The number of hydrogen-bond donors (Lipinski definition) is 2. The second kappa shape index (κ2) is 10.6. The molecule has 32 heavy (non-hydrogen) atoms. The van der Waals surface area contributed by atoms with Gasteiger partial charge in [-0.3, -0.25) is 4.98 Å². The molecule has 2 N–H and O–H groups in total. The zero-order valence-corrected chi connectivity index (χ0v) is 18.7. The van der Waals surface area contributed by atoms with Crippen molar-refractivity contribution in [2.75, 3.05) is 17.7 Å². The van der Waals surface area contributed by atoms with Crippen LogP contribution < -0.4 is 15.4 Å². The number of halogens is 2. The molecule has 2 aromatic heterocycles. The number of benzene rings is 2. The van der Waals surface area contributed by atoms with Crippen molar-refractivity contribution in [2.45, 2.75) is 13.1 Å². The smallest absolute Gasteiger partial charge is 0.157 e. The molecular formula is C23H20Cl2N6O. The molecule has 0 aliphatic rings. The van der Waals surface area contributed by atoms with E-state index >= 15 is 0 Å². The summed E-state index contributed by atoms with van der Waals surface area (Å²) >= 11 is 6.22. The number of pyridine rings is 1. The van der Waals surface area contributed by atoms with Crippen LogP contribution in [0.2, 0.25) is 5.02 Å². The maximum atomic E-state index is 9.34. The van der Waals surface area contributed by atoms with E-state index in [0.29, 0.717) is 41.1 Å². The van der Waals surface area contributed by atoms with Crippen molar-refractivity contribution >= 4 is 46.4 Å². The molecule has 2 aromatic carbocycles. The maximum Gasteiger partial charge on any atom is 0.157 e. The molecular weight excluding hydrogens is 447 g/mol. The van der Waals surface area contributed by atoms with Crippen LogP contribution in [0.3, 0.4) is 0 Å². The van der Waals surface area contributed by atoms with Gasteiger partial charge in [0, 0.05) is 23.5 Å². The van der Waals surface area contributed by atoms with Crippen molar-refractivity contribution < 1.29 is 4.74 Å². The highest BCUT2D eigenvalue weighted by Gasteiger charge is 2.11. The molecule has 0 amide bonds. The molecule has 7 nitrogen and oxygen atoms in total. The van der Waals surface area contributed by atoms with Gasteiger partial charge >= 0.3 is 0 Å². The molecule has 0 saturated heterocycles. The van der Waals surface area contributed by atoms with Crippen LogP contribution in [0.15, 0.2) is 60.8 Å². The highest BCUT2D eigenvalue weighted by molar-refractivity contribution is 6.32. The fourth-order valence-electron chi connectivity index (χ4n) is 3.17. The van der Waals surface area contributed by atoms with Crippen LogP contribution in [0.4, 0.5) is 11.6 Å². The molecule has 0 atom stereocenters. The predicted molar refractivity (Wildman–Crippen MR) is 128 cm³/mol. The Morgan fingerprint density at radius 1 is 0.969 bits per heavy atom. The zero-order valence-electron chi connectivity index (χ0n) is 17.2. The first kappa shape index (κ1) is 23.1. The first-order valence-electron chi connectivity index (χ1n) is 9.58. The van der Waals surface area contributed by atoms with Crippen LogP contribution in [0.1, 0.15) is 16.8 Å². The molecule has 0 radical (unpaired) electrons. The lowest BCUT2D eigenvalue weighted by atomic mass is 10.1. The van der Waals surface area contributed by atoms with Gasteiger partial charge in [0.05, 0.1) is 36.0 Å². The number of hydrogen-bond acceptors (Lipinski definition) is 7. The van der Waals surface area contributed by atoms with Gasteiger partial charge in [0.1, 0.15) is 5.75 Å². The highest BCUT2D eigenvalue weighted by atomic mass is 35.5. The molecule has 9 heteroatoms. The molecule has 2 heterocycles. The lowest BCUT2D eigenvalue weighted by Crippen LogP contribution is -2.08. The molecule has 0 saturated carbocycles. The number of anilines is 2. The Labute approximate surface area is 196 Å². The summed E-state index contributed by atoms with van der Waals surface area (Å²) in [6.07, 6.45) is 1.75. The molecule has 0 unspecified atom stereocenters. The average Bonchev–Trinajstić information content (AvgIpc) is 2.82. The third-order valence-corrected chi connectivity index (χ3v) is 5.04. The summed E-state index contributed by atoms with van der Waals surface area (Å²) in [6.45, 7) is 1.01. The number of nitrogens with zero attached hydrogens (tertiary/aromatic N) is 4. The second-order valence-corrected chi connectivity index (χ2v) is 7.17. The van der Waals surface area contributed by atoms with E-state index in [4.69, 9.17) is 16.3 Å². The first-order chi connectivity index (χ1) is 15.2. The van der Waals surface area contributed by atoms with E-state index in [0.717, 1.165) is 22.0 Å². The Kier molecular flexibility index (Phi) is 7.66. The fourth-order valence-corrected chi connectivity index (χ4v) is 3.45. The van der Waals surface area contributed by atoms with Gasteiger partial charge in [-0.25, -0.2) is 0 Å². The fraction of sp³-hybridized carbons (Fsp3) is 0.130. The summed E-state index contributed by atoms with van der Waals surface area (Å²) in [4.78, 5) is 4.32. The van der Waals surface area contributed by atoms with Crippen LogP contribution in [-0.2, 0) is 13.1 Å². The van der Waals surface area contributed by atoms with Crippen molar-refractivity contribution in [2.24, 2.45) is 0 Å². The van der Waals surface area contributed by atoms with Gasteiger partial charge in [0.2, 0.25) is 0 Å². The van der Waals surface area contributed by atoms with Gasteiger partial charge in [-0.15, -0.1) is 22.6 Å². The number of nitrogens with one attached hydrogen (secondary N) is 2. The lowest BCUT2D eigenvalue weighted by molar-refractivity contribution is 0.415. The van der Waals surface area contributed by atoms with Crippen LogP contribution in [-0.4, -0.2) is 22.3 Å². The van der Waals surface area contributed by atoms with Crippen molar-refractivity contribution in [3.63, 3.8) is 0 Å². The third-order valence-electron chi connectivity index (χ3n) is 4.75. The van der Waals surface area contributed by atoms with Gasteiger partial charge in [-0.2, -0.15) is 5.26 Å². The Bertz CT molecular complexity index is 1260. The minimum absolute atomic E-state index is 0.